The molecular formula is C8H13NaO3S. The van der Waals surface area contributed by atoms with E-state index in [-0.39, 0.29) is 35.3 Å². The van der Waals surface area contributed by atoms with Crippen LogP contribution in [0.4, 0.5) is 0 Å². The van der Waals surface area contributed by atoms with Gasteiger partial charge in [0.15, 0.2) is 0 Å². The number of hydrogen-bond acceptors (Lipinski definition) is 2. The Balaban J connectivity index is 0. The van der Waals surface area contributed by atoms with E-state index in [1.165, 1.54) is 6.92 Å². The van der Waals surface area contributed by atoms with Crippen LogP contribution in [0.3, 0.4) is 0 Å². The molecule has 5 heteroatoms. The molecule has 0 saturated carbocycles. The minimum atomic E-state index is -3.66. The molecule has 0 aliphatic carbocycles. The third kappa shape index (κ3) is 14.9. The predicted octanol–water partition coefficient (Wildman–Crippen LogP) is 0.932. The zero-order valence-corrected chi connectivity index (χ0v) is 7.66. The Morgan fingerprint density at radius 3 is 1.23 bits per heavy atom. The fourth-order valence-corrected chi connectivity index (χ4v) is 0.385. The Hall–Kier alpha value is 0.130. The molecule has 0 heterocycles. The standard InChI is InChI=1S/C6H6.C2H6O3S.Na.H/c1-2-4-6-5-3-1;1-2-6(3,4)5;;/h1-6H;2H2,1H3,(H,3,4,5);;. The maximum atomic E-state index is 9.56. The van der Waals surface area contributed by atoms with Gasteiger partial charge in [0.2, 0.25) is 0 Å². The molecule has 0 saturated heterocycles. The molecule has 0 unspecified atom stereocenters. The maximum Gasteiger partial charge on any atom is -0.0623 e. The molecule has 1 N–H and O–H groups in total. The molecule has 1 rings (SSSR count). The zero-order chi connectivity index (χ0) is 9.45. The second kappa shape index (κ2) is 8.72. The molecule has 1 aromatic rings. The molecule has 0 bridgehead atoms. The van der Waals surface area contributed by atoms with Gasteiger partial charge in [0.1, 0.15) is 0 Å². The van der Waals surface area contributed by atoms with Crippen LogP contribution >= 0.6 is 0 Å². The monoisotopic (exact) mass is 212 g/mol. The van der Waals surface area contributed by atoms with Crippen LogP contribution in [0.1, 0.15) is 6.92 Å². The SMILES string of the molecule is CCS(=O)(=O)O.[NaH].c1ccccc1. The van der Waals surface area contributed by atoms with Crippen molar-refractivity contribution in [2.45, 2.75) is 6.92 Å². The van der Waals surface area contributed by atoms with Crippen molar-refractivity contribution in [1.82, 2.24) is 0 Å². The average Bonchev–Trinajstić information content (AvgIpc) is 2.07. The molecule has 70 valence electrons. The van der Waals surface area contributed by atoms with Crippen LogP contribution < -0.4 is 0 Å². The Kier molecular flexibility index (Phi) is 10.5. The van der Waals surface area contributed by atoms with Crippen molar-refractivity contribution in [3.63, 3.8) is 0 Å². The van der Waals surface area contributed by atoms with E-state index in [9.17, 15) is 8.42 Å². The molecule has 13 heavy (non-hydrogen) atoms. The maximum absolute atomic E-state index is 9.56. The molecule has 0 fully saturated rings. The summed E-state index contributed by atoms with van der Waals surface area (Å²) in [6.07, 6.45) is 0. The van der Waals surface area contributed by atoms with Crippen LogP contribution in [-0.2, 0) is 10.1 Å². The molecule has 0 radical (unpaired) electrons. The van der Waals surface area contributed by atoms with E-state index < -0.39 is 10.1 Å². The van der Waals surface area contributed by atoms with E-state index >= 15 is 0 Å². The summed E-state index contributed by atoms with van der Waals surface area (Å²) in [6.45, 7) is 1.37. The molecule has 0 aliphatic heterocycles. The second-order valence-electron chi connectivity index (χ2n) is 2.03. The molecular weight excluding hydrogens is 199 g/mol. The minimum absolute atomic E-state index is 0. The number of benzene rings is 1. The van der Waals surface area contributed by atoms with Crippen LogP contribution in [0.25, 0.3) is 0 Å². The van der Waals surface area contributed by atoms with Gasteiger partial charge >= 0.3 is 29.6 Å². The third-order valence-electron chi connectivity index (χ3n) is 1.03. The summed E-state index contributed by atoms with van der Waals surface area (Å²) in [6, 6.07) is 12.0. The molecule has 0 spiro atoms. The van der Waals surface area contributed by atoms with Gasteiger partial charge in [0.25, 0.3) is 10.1 Å². The molecule has 3 nitrogen and oxygen atoms in total. The molecule has 0 atom stereocenters. The summed E-state index contributed by atoms with van der Waals surface area (Å²) >= 11 is 0. The normalized spacial score (nSPS) is 9.08. The number of hydrogen-bond donors (Lipinski definition) is 1. The Morgan fingerprint density at radius 1 is 1.00 bits per heavy atom. The van der Waals surface area contributed by atoms with E-state index in [2.05, 4.69) is 0 Å². The van der Waals surface area contributed by atoms with Gasteiger partial charge in [-0.3, -0.25) is 4.55 Å². The third-order valence-corrected chi connectivity index (χ3v) is 1.76. The minimum Gasteiger partial charge on any atom is -0.0623 e. The van der Waals surface area contributed by atoms with Crippen molar-refractivity contribution in [3.05, 3.63) is 36.4 Å². The van der Waals surface area contributed by atoms with Crippen molar-refractivity contribution in [2.24, 2.45) is 0 Å². The molecule has 0 aliphatic rings. The van der Waals surface area contributed by atoms with Crippen LogP contribution in [-0.4, -0.2) is 48.3 Å². The first-order chi connectivity index (χ1) is 5.56. The van der Waals surface area contributed by atoms with Gasteiger partial charge in [-0.1, -0.05) is 36.4 Å². The first-order valence-electron chi connectivity index (χ1n) is 3.51. The summed E-state index contributed by atoms with van der Waals surface area (Å²) in [5.41, 5.74) is 0. The van der Waals surface area contributed by atoms with Crippen LogP contribution in [0, 0.1) is 0 Å². The number of rotatable bonds is 1. The van der Waals surface area contributed by atoms with Crippen LogP contribution in [0.15, 0.2) is 36.4 Å². The van der Waals surface area contributed by atoms with Gasteiger partial charge in [0, 0.05) is 0 Å². The van der Waals surface area contributed by atoms with E-state index in [0.29, 0.717) is 0 Å². The van der Waals surface area contributed by atoms with Gasteiger partial charge in [0.05, 0.1) is 5.75 Å². The van der Waals surface area contributed by atoms with Gasteiger partial charge in [-0.05, 0) is 6.92 Å². The van der Waals surface area contributed by atoms with E-state index in [0.717, 1.165) is 0 Å². The van der Waals surface area contributed by atoms with Gasteiger partial charge in [-0.25, -0.2) is 0 Å². The van der Waals surface area contributed by atoms with Crippen molar-refractivity contribution in [2.75, 3.05) is 5.75 Å². The summed E-state index contributed by atoms with van der Waals surface area (Å²) < 4.78 is 26.9. The summed E-state index contributed by atoms with van der Waals surface area (Å²) in [5, 5.41) is 0. The topological polar surface area (TPSA) is 54.4 Å². The fraction of sp³-hybridized carbons (Fsp3) is 0.250. The van der Waals surface area contributed by atoms with Crippen LogP contribution in [0.5, 0.6) is 0 Å². The predicted molar refractivity (Wildman–Crippen MR) is 55.7 cm³/mol. The Labute approximate surface area is 101 Å². The van der Waals surface area contributed by atoms with Crippen molar-refractivity contribution in [3.8, 4) is 0 Å². The van der Waals surface area contributed by atoms with Crippen molar-refractivity contribution < 1.29 is 13.0 Å². The zero-order valence-electron chi connectivity index (χ0n) is 6.84. The molecule has 0 amide bonds. The van der Waals surface area contributed by atoms with Gasteiger partial charge in [-0.2, -0.15) is 8.42 Å². The van der Waals surface area contributed by atoms with Crippen molar-refractivity contribution >= 4 is 39.7 Å². The van der Waals surface area contributed by atoms with Crippen LogP contribution in [0.2, 0.25) is 0 Å². The van der Waals surface area contributed by atoms with E-state index in [1.807, 2.05) is 36.4 Å². The second-order valence-corrected chi connectivity index (χ2v) is 3.77. The first-order valence-corrected chi connectivity index (χ1v) is 5.12. The Morgan fingerprint density at radius 2 is 1.15 bits per heavy atom. The van der Waals surface area contributed by atoms with Gasteiger partial charge in [-0.15, -0.1) is 0 Å². The largest absolute Gasteiger partial charge is 0.0623 e. The van der Waals surface area contributed by atoms with Gasteiger partial charge < -0.3 is 0 Å². The first kappa shape index (κ1) is 15.6. The quantitative estimate of drug-likeness (QED) is 0.556. The van der Waals surface area contributed by atoms with Crippen molar-refractivity contribution in [1.29, 1.82) is 0 Å². The molecule has 1 aromatic carbocycles. The smallest absolute Gasteiger partial charge is 0.0623 e. The summed E-state index contributed by atoms with van der Waals surface area (Å²) in [7, 11) is -3.66. The fourth-order valence-electron chi connectivity index (χ4n) is 0.385. The van der Waals surface area contributed by atoms with E-state index in [4.69, 9.17) is 4.55 Å². The summed E-state index contributed by atoms with van der Waals surface area (Å²) in [4.78, 5) is 0. The average molecular weight is 212 g/mol. The Bertz CT molecular complexity index is 257. The van der Waals surface area contributed by atoms with E-state index in [1.54, 1.807) is 0 Å². The summed E-state index contributed by atoms with van der Waals surface area (Å²) in [5.74, 6) is -0.201. The molecule has 0 aromatic heterocycles.